The Morgan fingerprint density at radius 2 is 1.75 bits per heavy atom. The molecule has 1 N–H and O–H groups in total. The summed E-state index contributed by atoms with van der Waals surface area (Å²) in [5.41, 5.74) is 3.70. The summed E-state index contributed by atoms with van der Waals surface area (Å²) in [5, 5.41) is 3.43. The van der Waals surface area contributed by atoms with Gasteiger partial charge in [-0.05, 0) is 43.2 Å². The van der Waals surface area contributed by atoms with Crippen molar-refractivity contribution in [2.75, 3.05) is 19.5 Å². The molecular formula is C18H18N2O3S. The Bertz CT molecular complexity index is 896. The molecule has 0 saturated heterocycles. The molecule has 1 amide bonds. The highest BCUT2D eigenvalue weighted by molar-refractivity contribution is 7.22. The van der Waals surface area contributed by atoms with E-state index in [0.717, 1.165) is 15.8 Å². The first-order valence-corrected chi connectivity index (χ1v) is 8.24. The van der Waals surface area contributed by atoms with Gasteiger partial charge in [-0.2, -0.15) is 0 Å². The molecule has 6 heteroatoms. The third-order valence-electron chi connectivity index (χ3n) is 3.92. The summed E-state index contributed by atoms with van der Waals surface area (Å²) < 4.78 is 11.5. The van der Waals surface area contributed by atoms with Gasteiger partial charge in [0.1, 0.15) is 11.5 Å². The van der Waals surface area contributed by atoms with Gasteiger partial charge in [0.2, 0.25) is 0 Å². The molecule has 1 heterocycles. The molecule has 3 aromatic rings. The third-order valence-corrected chi connectivity index (χ3v) is 4.85. The van der Waals surface area contributed by atoms with Gasteiger partial charge in [0.05, 0.1) is 24.4 Å². The molecule has 0 saturated carbocycles. The fourth-order valence-corrected chi connectivity index (χ4v) is 3.31. The van der Waals surface area contributed by atoms with Crippen LogP contribution in [0.2, 0.25) is 0 Å². The fourth-order valence-electron chi connectivity index (χ4n) is 2.39. The minimum Gasteiger partial charge on any atom is -0.497 e. The maximum Gasteiger partial charge on any atom is 0.257 e. The van der Waals surface area contributed by atoms with E-state index in [2.05, 4.69) is 23.3 Å². The maximum absolute atomic E-state index is 12.5. The van der Waals surface area contributed by atoms with Gasteiger partial charge in [0, 0.05) is 11.6 Å². The number of hydrogen-bond donors (Lipinski definition) is 1. The second-order valence-corrected chi connectivity index (χ2v) is 6.46. The first-order chi connectivity index (χ1) is 11.5. The van der Waals surface area contributed by atoms with Crippen molar-refractivity contribution in [2.24, 2.45) is 0 Å². The minimum atomic E-state index is -0.249. The number of thiazole rings is 1. The van der Waals surface area contributed by atoms with Crippen LogP contribution in [0.4, 0.5) is 5.13 Å². The molecule has 0 aliphatic carbocycles. The lowest BCUT2D eigenvalue weighted by atomic mass is 10.1. The van der Waals surface area contributed by atoms with E-state index in [1.807, 2.05) is 13.0 Å². The molecule has 124 valence electrons. The summed E-state index contributed by atoms with van der Waals surface area (Å²) in [6.45, 7) is 4.09. The van der Waals surface area contributed by atoms with Crippen LogP contribution in [0.15, 0.2) is 30.3 Å². The lowest BCUT2D eigenvalue weighted by Crippen LogP contribution is -2.12. The standard InChI is InChI=1S/C18H18N2O3S/c1-10-5-6-15-16(11(10)2)19-18(24-15)20-17(21)12-7-13(22-3)9-14(8-12)23-4/h5-9H,1-4H3,(H,19,20,21). The van der Waals surface area contributed by atoms with Crippen LogP contribution in [0.5, 0.6) is 11.5 Å². The molecule has 0 aliphatic rings. The summed E-state index contributed by atoms with van der Waals surface area (Å²) in [5.74, 6) is 0.881. The Hall–Kier alpha value is -2.60. The molecule has 0 bridgehead atoms. The number of benzene rings is 2. The quantitative estimate of drug-likeness (QED) is 0.772. The molecular weight excluding hydrogens is 324 g/mol. The van der Waals surface area contributed by atoms with Crippen LogP contribution in [-0.2, 0) is 0 Å². The maximum atomic E-state index is 12.5. The molecule has 1 aromatic heterocycles. The number of carbonyl (C=O) groups is 1. The highest BCUT2D eigenvalue weighted by Crippen LogP contribution is 2.30. The van der Waals surface area contributed by atoms with Gasteiger partial charge in [-0.1, -0.05) is 17.4 Å². The van der Waals surface area contributed by atoms with E-state index in [1.165, 1.54) is 16.9 Å². The average molecular weight is 342 g/mol. The van der Waals surface area contributed by atoms with E-state index < -0.39 is 0 Å². The summed E-state index contributed by atoms with van der Waals surface area (Å²) in [6, 6.07) is 9.15. The Morgan fingerprint density at radius 3 is 2.38 bits per heavy atom. The number of fused-ring (bicyclic) bond motifs is 1. The highest BCUT2D eigenvalue weighted by Gasteiger charge is 2.14. The van der Waals surface area contributed by atoms with Crippen molar-refractivity contribution < 1.29 is 14.3 Å². The third kappa shape index (κ3) is 3.05. The van der Waals surface area contributed by atoms with Crippen molar-refractivity contribution in [3.63, 3.8) is 0 Å². The molecule has 2 aromatic carbocycles. The van der Waals surface area contributed by atoms with Crippen LogP contribution >= 0.6 is 11.3 Å². The number of amides is 1. The molecule has 24 heavy (non-hydrogen) atoms. The topological polar surface area (TPSA) is 60.5 Å². The Labute approximate surface area is 144 Å². The zero-order valence-electron chi connectivity index (χ0n) is 14.0. The molecule has 0 spiro atoms. The average Bonchev–Trinajstić information content (AvgIpc) is 3.01. The summed E-state index contributed by atoms with van der Waals surface area (Å²) in [7, 11) is 3.10. The second-order valence-electron chi connectivity index (χ2n) is 5.43. The van der Waals surface area contributed by atoms with Crippen molar-refractivity contribution in [1.82, 2.24) is 4.98 Å². The zero-order chi connectivity index (χ0) is 17.3. The number of nitrogens with zero attached hydrogens (tertiary/aromatic N) is 1. The van der Waals surface area contributed by atoms with Crippen LogP contribution < -0.4 is 14.8 Å². The fraction of sp³-hybridized carbons (Fsp3) is 0.222. The second kappa shape index (κ2) is 6.49. The summed E-state index contributed by atoms with van der Waals surface area (Å²) in [6.07, 6.45) is 0. The first kappa shape index (κ1) is 16.3. The number of aromatic nitrogens is 1. The van der Waals surface area contributed by atoms with E-state index in [1.54, 1.807) is 32.4 Å². The number of carbonyl (C=O) groups excluding carboxylic acids is 1. The number of methoxy groups -OCH3 is 2. The highest BCUT2D eigenvalue weighted by atomic mass is 32.1. The van der Waals surface area contributed by atoms with Crippen molar-refractivity contribution in [2.45, 2.75) is 13.8 Å². The van der Waals surface area contributed by atoms with Crippen LogP contribution in [0, 0.1) is 13.8 Å². The SMILES string of the molecule is COc1cc(OC)cc(C(=O)Nc2nc3c(C)c(C)ccc3s2)c1. The Kier molecular flexibility index (Phi) is 4.40. The van der Waals surface area contributed by atoms with Gasteiger partial charge in [0.15, 0.2) is 5.13 Å². The number of nitrogens with one attached hydrogen (secondary N) is 1. The van der Waals surface area contributed by atoms with E-state index >= 15 is 0 Å². The zero-order valence-corrected chi connectivity index (χ0v) is 14.8. The molecule has 0 fully saturated rings. The van der Waals surface area contributed by atoms with Gasteiger partial charge in [0.25, 0.3) is 5.91 Å². The van der Waals surface area contributed by atoms with Crippen molar-refractivity contribution in [3.05, 3.63) is 47.0 Å². The van der Waals surface area contributed by atoms with Crippen molar-refractivity contribution in [1.29, 1.82) is 0 Å². The smallest absolute Gasteiger partial charge is 0.257 e. The number of ether oxygens (including phenoxy) is 2. The number of aryl methyl sites for hydroxylation is 2. The van der Waals surface area contributed by atoms with Crippen LogP contribution in [0.1, 0.15) is 21.5 Å². The van der Waals surface area contributed by atoms with Gasteiger partial charge in [-0.25, -0.2) is 4.98 Å². The number of hydrogen-bond acceptors (Lipinski definition) is 5. The van der Waals surface area contributed by atoms with Crippen molar-refractivity contribution in [3.8, 4) is 11.5 Å². The van der Waals surface area contributed by atoms with Gasteiger partial charge < -0.3 is 9.47 Å². The van der Waals surface area contributed by atoms with Gasteiger partial charge in [-0.3, -0.25) is 10.1 Å². The molecule has 0 unspecified atom stereocenters. The van der Waals surface area contributed by atoms with Crippen LogP contribution in [0.3, 0.4) is 0 Å². The lowest BCUT2D eigenvalue weighted by molar-refractivity contribution is 0.102. The van der Waals surface area contributed by atoms with Crippen LogP contribution in [0.25, 0.3) is 10.2 Å². The van der Waals surface area contributed by atoms with E-state index in [9.17, 15) is 4.79 Å². The molecule has 5 nitrogen and oxygen atoms in total. The summed E-state index contributed by atoms with van der Waals surface area (Å²) in [4.78, 5) is 17.1. The molecule has 3 rings (SSSR count). The normalized spacial score (nSPS) is 10.7. The molecule has 0 radical (unpaired) electrons. The van der Waals surface area contributed by atoms with Gasteiger partial charge in [-0.15, -0.1) is 0 Å². The predicted octanol–water partition coefficient (Wildman–Crippen LogP) is 4.18. The molecule has 0 atom stereocenters. The largest absolute Gasteiger partial charge is 0.497 e. The van der Waals surface area contributed by atoms with E-state index in [4.69, 9.17) is 9.47 Å². The Morgan fingerprint density at radius 1 is 1.08 bits per heavy atom. The summed E-state index contributed by atoms with van der Waals surface area (Å²) >= 11 is 1.46. The van der Waals surface area contributed by atoms with Gasteiger partial charge >= 0.3 is 0 Å². The predicted molar refractivity (Wildman–Crippen MR) is 96.6 cm³/mol. The number of rotatable bonds is 4. The minimum absolute atomic E-state index is 0.249. The molecule has 0 aliphatic heterocycles. The number of anilines is 1. The van der Waals surface area contributed by atoms with Crippen LogP contribution in [-0.4, -0.2) is 25.1 Å². The van der Waals surface area contributed by atoms with Crippen molar-refractivity contribution >= 4 is 32.6 Å². The lowest BCUT2D eigenvalue weighted by Gasteiger charge is -2.08. The van der Waals surface area contributed by atoms with E-state index in [0.29, 0.717) is 22.2 Å². The van der Waals surface area contributed by atoms with E-state index in [-0.39, 0.29) is 5.91 Å². The monoisotopic (exact) mass is 342 g/mol. The first-order valence-electron chi connectivity index (χ1n) is 7.43. The Balaban J connectivity index is 1.91.